The van der Waals surface area contributed by atoms with Crippen molar-refractivity contribution in [2.24, 2.45) is 0 Å². The van der Waals surface area contributed by atoms with Gasteiger partial charge in [0.2, 0.25) is 0 Å². The summed E-state index contributed by atoms with van der Waals surface area (Å²) in [5.41, 5.74) is 0.213. The zero-order valence-electron chi connectivity index (χ0n) is 12.1. The van der Waals surface area contributed by atoms with Gasteiger partial charge in [-0.2, -0.15) is 0 Å². The summed E-state index contributed by atoms with van der Waals surface area (Å²) in [7, 11) is 0. The summed E-state index contributed by atoms with van der Waals surface area (Å²) >= 11 is 0. The number of alkyl halides is 3. The Morgan fingerprint density at radius 1 is 1.36 bits per heavy atom. The molecule has 0 saturated heterocycles. The number of hydrogen-bond donors (Lipinski definition) is 3. The Bertz CT molecular complexity index is 481. The number of hydrogen-bond acceptors (Lipinski definition) is 3. The van der Waals surface area contributed by atoms with Gasteiger partial charge in [0, 0.05) is 24.8 Å². The van der Waals surface area contributed by atoms with Crippen molar-refractivity contribution in [3.63, 3.8) is 0 Å². The van der Waals surface area contributed by atoms with Crippen molar-refractivity contribution in [1.29, 1.82) is 0 Å². The van der Waals surface area contributed by atoms with E-state index in [1.54, 1.807) is 6.07 Å². The molecule has 2 amide bonds. The van der Waals surface area contributed by atoms with Gasteiger partial charge in [-0.05, 0) is 18.9 Å². The Hall–Kier alpha value is -1.96. The Labute approximate surface area is 126 Å². The maximum Gasteiger partial charge on any atom is 0.573 e. The summed E-state index contributed by atoms with van der Waals surface area (Å²) in [6, 6.07) is 4.89. The van der Waals surface area contributed by atoms with E-state index in [-0.39, 0.29) is 30.5 Å². The Kier molecular flexibility index (Phi) is 6.97. The van der Waals surface area contributed by atoms with Crippen LogP contribution in [0.3, 0.4) is 0 Å². The molecular formula is C14H19F3N2O3. The van der Waals surface area contributed by atoms with Gasteiger partial charge in [0.05, 0.1) is 0 Å². The molecule has 1 atom stereocenters. The molecule has 0 bridgehead atoms. The van der Waals surface area contributed by atoms with E-state index in [1.807, 2.05) is 6.92 Å². The lowest BCUT2D eigenvalue weighted by Gasteiger charge is -2.17. The van der Waals surface area contributed by atoms with Crippen LogP contribution in [0.5, 0.6) is 5.75 Å². The van der Waals surface area contributed by atoms with Crippen LogP contribution >= 0.6 is 0 Å². The number of aliphatic hydroxyl groups is 1. The van der Waals surface area contributed by atoms with Gasteiger partial charge < -0.3 is 20.5 Å². The maximum atomic E-state index is 12.3. The molecule has 124 valence electrons. The smallest absolute Gasteiger partial charge is 0.405 e. The van der Waals surface area contributed by atoms with Gasteiger partial charge in [-0.15, -0.1) is 13.2 Å². The monoisotopic (exact) mass is 320 g/mol. The first-order valence-corrected chi connectivity index (χ1v) is 6.84. The summed E-state index contributed by atoms with van der Waals surface area (Å²) in [4.78, 5) is 11.7. The van der Waals surface area contributed by atoms with E-state index in [1.165, 1.54) is 18.2 Å². The molecular weight excluding hydrogens is 301 g/mol. The van der Waals surface area contributed by atoms with Crippen molar-refractivity contribution in [1.82, 2.24) is 10.6 Å². The van der Waals surface area contributed by atoms with E-state index in [2.05, 4.69) is 15.4 Å². The third kappa shape index (κ3) is 6.66. The van der Waals surface area contributed by atoms with Crippen molar-refractivity contribution in [3.05, 3.63) is 29.8 Å². The number of carbonyl (C=O) groups is 1. The molecule has 0 spiro atoms. The highest BCUT2D eigenvalue weighted by Crippen LogP contribution is 2.25. The summed E-state index contributed by atoms with van der Waals surface area (Å²) in [6.07, 6.45) is -3.73. The number of urea groups is 1. The largest absolute Gasteiger partial charge is 0.573 e. The number of para-hydroxylation sites is 1. The van der Waals surface area contributed by atoms with E-state index in [9.17, 15) is 18.0 Å². The quantitative estimate of drug-likeness (QED) is 0.723. The first-order valence-electron chi connectivity index (χ1n) is 6.84. The van der Waals surface area contributed by atoms with Crippen LogP contribution in [0.1, 0.15) is 25.3 Å². The number of halogens is 3. The molecule has 0 aliphatic carbocycles. The number of nitrogens with one attached hydrogen (secondary N) is 2. The highest BCUT2D eigenvalue weighted by Gasteiger charge is 2.31. The van der Waals surface area contributed by atoms with Crippen LogP contribution in [0.15, 0.2) is 24.3 Å². The minimum atomic E-state index is -4.78. The zero-order chi connectivity index (χ0) is 16.6. The molecule has 0 aromatic heterocycles. The molecule has 1 aromatic carbocycles. The topological polar surface area (TPSA) is 70.6 Å². The van der Waals surface area contributed by atoms with E-state index < -0.39 is 12.4 Å². The SMILES string of the molecule is CCC(CCO)NC(=O)NCc1ccccc1OC(F)(F)F. The minimum absolute atomic E-state index is 0.0545. The third-order valence-corrected chi connectivity index (χ3v) is 2.94. The van der Waals surface area contributed by atoms with Crippen LogP contribution in [0, 0.1) is 0 Å². The number of amides is 2. The van der Waals surface area contributed by atoms with Crippen LogP contribution in [-0.4, -0.2) is 30.1 Å². The molecule has 0 aliphatic heterocycles. The fourth-order valence-corrected chi connectivity index (χ4v) is 1.82. The molecule has 0 aliphatic rings. The predicted molar refractivity (Wildman–Crippen MR) is 74.3 cm³/mol. The minimum Gasteiger partial charge on any atom is -0.405 e. The van der Waals surface area contributed by atoms with Crippen LogP contribution in [0.4, 0.5) is 18.0 Å². The van der Waals surface area contributed by atoms with Gasteiger partial charge in [-0.3, -0.25) is 0 Å². The molecule has 5 nitrogen and oxygen atoms in total. The van der Waals surface area contributed by atoms with Crippen LogP contribution in [0.2, 0.25) is 0 Å². The molecule has 1 unspecified atom stereocenters. The maximum absolute atomic E-state index is 12.3. The summed E-state index contributed by atoms with van der Waals surface area (Å²) in [5, 5.41) is 13.9. The third-order valence-electron chi connectivity index (χ3n) is 2.94. The summed E-state index contributed by atoms with van der Waals surface area (Å²) < 4.78 is 40.7. The fourth-order valence-electron chi connectivity index (χ4n) is 1.82. The van der Waals surface area contributed by atoms with Gasteiger partial charge >= 0.3 is 12.4 Å². The average Bonchev–Trinajstić information content (AvgIpc) is 2.44. The Morgan fingerprint density at radius 3 is 2.64 bits per heavy atom. The molecule has 0 fully saturated rings. The number of rotatable bonds is 7. The van der Waals surface area contributed by atoms with Crippen molar-refractivity contribution in [3.8, 4) is 5.75 Å². The first-order chi connectivity index (χ1) is 10.4. The Balaban J connectivity index is 2.59. The van der Waals surface area contributed by atoms with E-state index in [0.29, 0.717) is 12.8 Å². The number of ether oxygens (including phenoxy) is 1. The molecule has 3 N–H and O–H groups in total. The van der Waals surface area contributed by atoms with Gasteiger partial charge in [-0.1, -0.05) is 25.1 Å². The second-order valence-corrected chi connectivity index (χ2v) is 4.60. The highest BCUT2D eigenvalue weighted by molar-refractivity contribution is 5.74. The van der Waals surface area contributed by atoms with E-state index in [0.717, 1.165) is 0 Å². The first kappa shape index (κ1) is 18.1. The van der Waals surface area contributed by atoms with E-state index in [4.69, 9.17) is 5.11 Å². The molecule has 1 aromatic rings. The van der Waals surface area contributed by atoms with Crippen LogP contribution in [0.25, 0.3) is 0 Å². The lowest BCUT2D eigenvalue weighted by atomic mass is 10.1. The molecule has 0 heterocycles. The van der Waals surface area contributed by atoms with Crippen molar-refractivity contribution in [2.45, 2.75) is 38.7 Å². The van der Waals surface area contributed by atoms with Gasteiger partial charge in [-0.25, -0.2) is 4.79 Å². The molecule has 0 saturated carbocycles. The normalized spacial score (nSPS) is 12.6. The lowest BCUT2D eigenvalue weighted by molar-refractivity contribution is -0.274. The van der Waals surface area contributed by atoms with Crippen LogP contribution in [-0.2, 0) is 6.54 Å². The van der Waals surface area contributed by atoms with Gasteiger partial charge in [0.25, 0.3) is 0 Å². The van der Waals surface area contributed by atoms with Crippen LogP contribution < -0.4 is 15.4 Å². The Morgan fingerprint density at radius 2 is 2.05 bits per heavy atom. The number of carbonyl (C=O) groups excluding carboxylic acids is 1. The lowest BCUT2D eigenvalue weighted by Crippen LogP contribution is -2.42. The second-order valence-electron chi connectivity index (χ2n) is 4.60. The van der Waals surface area contributed by atoms with Crippen molar-refractivity contribution >= 4 is 6.03 Å². The van der Waals surface area contributed by atoms with Crippen molar-refractivity contribution < 1.29 is 27.8 Å². The van der Waals surface area contributed by atoms with E-state index >= 15 is 0 Å². The van der Waals surface area contributed by atoms with Crippen molar-refractivity contribution in [2.75, 3.05) is 6.61 Å². The standard InChI is InChI=1S/C14H19F3N2O3/c1-2-11(7-8-20)19-13(21)18-9-10-5-3-4-6-12(10)22-14(15,16)17/h3-6,11,20H,2,7-9H2,1H3,(H2,18,19,21). The molecule has 8 heteroatoms. The molecule has 0 radical (unpaired) electrons. The molecule has 22 heavy (non-hydrogen) atoms. The second kappa shape index (κ2) is 8.47. The highest BCUT2D eigenvalue weighted by atomic mass is 19.4. The summed E-state index contributed by atoms with van der Waals surface area (Å²) in [6.45, 7) is 1.70. The average molecular weight is 320 g/mol. The zero-order valence-corrected chi connectivity index (χ0v) is 12.1. The van der Waals surface area contributed by atoms with Gasteiger partial charge in [0.1, 0.15) is 5.75 Å². The van der Waals surface area contributed by atoms with Gasteiger partial charge in [0.15, 0.2) is 0 Å². The fraction of sp³-hybridized carbons (Fsp3) is 0.500. The number of aliphatic hydroxyl groups excluding tert-OH is 1. The molecule has 1 rings (SSSR count). The summed E-state index contributed by atoms with van der Waals surface area (Å²) in [5.74, 6) is -0.349. The number of benzene rings is 1. The predicted octanol–water partition coefficient (Wildman–Crippen LogP) is 2.55.